The molecule has 6 heteroatoms. The lowest BCUT2D eigenvalue weighted by Gasteiger charge is -2.18. The van der Waals surface area contributed by atoms with Gasteiger partial charge in [-0.25, -0.2) is 0 Å². The summed E-state index contributed by atoms with van der Waals surface area (Å²) in [6.45, 7) is 6.53. The second kappa shape index (κ2) is 40.2. The van der Waals surface area contributed by atoms with Crippen LogP contribution in [0.15, 0.2) is 0 Å². The van der Waals surface area contributed by atoms with E-state index in [2.05, 4.69) is 20.8 Å². The summed E-state index contributed by atoms with van der Waals surface area (Å²) < 4.78 is 16.5. The van der Waals surface area contributed by atoms with E-state index in [4.69, 9.17) is 14.2 Å². The standard InChI is InChI=1S/C44H84O6/c1-4-7-10-13-16-17-18-19-20-21-22-23-24-25-26-27-28-29-32-34-37-43(46)49-40-41(50-44(47)38-35-31-15-12-9-6-3)39-48-42(45)36-33-30-14-11-8-5-2/h41H,4-40H2,1-3H3. The number of unbranched alkanes of at least 4 members (excludes halogenated alkanes) is 29. The van der Waals surface area contributed by atoms with E-state index in [1.807, 2.05) is 0 Å². The highest BCUT2D eigenvalue weighted by Crippen LogP contribution is 2.16. The van der Waals surface area contributed by atoms with Crippen LogP contribution in [-0.4, -0.2) is 37.2 Å². The van der Waals surface area contributed by atoms with Crippen LogP contribution < -0.4 is 0 Å². The van der Waals surface area contributed by atoms with Gasteiger partial charge in [-0.05, 0) is 19.3 Å². The van der Waals surface area contributed by atoms with Gasteiger partial charge in [0, 0.05) is 19.3 Å². The molecule has 0 aromatic rings. The average molecular weight is 709 g/mol. The van der Waals surface area contributed by atoms with Gasteiger partial charge in [0.2, 0.25) is 0 Å². The molecule has 0 bridgehead atoms. The van der Waals surface area contributed by atoms with Gasteiger partial charge in [-0.2, -0.15) is 0 Å². The maximum Gasteiger partial charge on any atom is 0.306 e. The summed E-state index contributed by atoms with van der Waals surface area (Å²) in [5.41, 5.74) is 0. The Bertz CT molecular complexity index is 738. The molecule has 0 amide bonds. The van der Waals surface area contributed by atoms with E-state index in [1.165, 1.54) is 148 Å². The van der Waals surface area contributed by atoms with E-state index in [-0.39, 0.29) is 31.1 Å². The van der Waals surface area contributed by atoms with Crippen LogP contribution in [-0.2, 0) is 28.6 Å². The molecule has 296 valence electrons. The average Bonchev–Trinajstić information content (AvgIpc) is 3.11. The minimum atomic E-state index is -0.755. The van der Waals surface area contributed by atoms with Crippen molar-refractivity contribution in [3.8, 4) is 0 Å². The number of rotatable bonds is 40. The molecule has 0 rings (SSSR count). The zero-order valence-corrected chi connectivity index (χ0v) is 33.7. The maximum atomic E-state index is 12.5. The summed E-state index contributed by atoms with van der Waals surface area (Å²) in [6, 6.07) is 0. The zero-order chi connectivity index (χ0) is 36.6. The second-order valence-electron chi connectivity index (χ2n) is 15.0. The molecule has 6 nitrogen and oxygen atoms in total. The number of hydrogen-bond donors (Lipinski definition) is 0. The molecule has 1 atom stereocenters. The van der Waals surface area contributed by atoms with Crippen LogP contribution in [0.3, 0.4) is 0 Å². The molecule has 0 saturated heterocycles. The van der Waals surface area contributed by atoms with Gasteiger partial charge in [0.15, 0.2) is 6.10 Å². The summed E-state index contributed by atoms with van der Waals surface area (Å²) in [5, 5.41) is 0. The van der Waals surface area contributed by atoms with Crippen molar-refractivity contribution >= 4 is 17.9 Å². The number of esters is 3. The third kappa shape index (κ3) is 37.7. The molecule has 0 fully saturated rings. The van der Waals surface area contributed by atoms with Crippen LogP contribution in [0, 0.1) is 0 Å². The molecule has 0 aromatic heterocycles. The zero-order valence-electron chi connectivity index (χ0n) is 33.7. The van der Waals surface area contributed by atoms with Crippen LogP contribution in [0.2, 0.25) is 0 Å². The highest BCUT2D eigenvalue weighted by Gasteiger charge is 2.19. The third-order valence-electron chi connectivity index (χ3n) is 9.86. The molecule has 0 aromatic carbocycles. The Balaban J connectivity index is 4.00. The molecule has 0 aliphatic rings. The van der Waals surface area contributed by atoms with E-state index in [0.29, 0.717) is 19.3 Å². The summed E-state index contributed by atoms with van der Waals surface area (Å²) in [7, 11) is 0. The number of carbonyl (C=O) groups is 3. The first-order valence-corrected chi connectivity index (χ1v) is 22.0. The summed E-state index contributed by atoms with van der Waals surface area (Å²) in [6.07, 6.45) is 39.9. The molecular formula is C44H84O6. The topological polar surface area (TPSA) is 78.9 Å². The Kier molecular flexibility index (Phi) is 38.9. The van der Waals surface area contributed by atoms with Gasteiger partial charge in [0.25, 0.3) is 0 Å². The van der Waals surface area contributed by atoms with Gasteiger partial charge in [-0.3, -0.25) is 14.4 Å². The quantitative estimate of drug-likeness (QED) is 0.0358. The van der Waals surface area contributed by atoms with E-state index in [0.717, 1.165) is 57.8 Å². The van der Waals surface area contributed by atoms with Crippen LogP contribution in [0.5, 0.6) is 0 Å². The van der Waals surface area contributed by atoms with Gasteiger partial charge in [0.1, 0.15) is 13.2 Å². The first kappa shape index (κ1) is 48.4. The second-order valence-corrected chi connectivity index (χ2v) is 15.0. The van der Waals surface area contributed by atoms with Gasteiger partial charge in [-0.15, -0.1) is 0 Å². The van der Waals surface area contributed by atoms with Crippen LogP contribution in [0.25, 0.3) is 0 Å². The summed E-state index contributed by atoms with van der Waals surface area (Å²) in [5.74, 6) is -0.876. The summed E-state index contributed by atoms with van der Waals surface area (Å²) in [4.78, 5) is 37.2. The van der Waals surface area contributed by atoms with E-state index < -0.39 is 6.10 Å². The molecule has 0 spiro atoms. The predicted molar refractivity (Wildman–Crippen MR) is 210 cm³/mol. The van der Waals surface area contributed by atoms with Crippen molar-refractivity contribution in [2.24, 2.45) is 0 Å². The van der Waals surface area contributed by atoms with Crippen LogP contribution in [0.4, 0.5) is 0 Å². The molecule has 0 aliphatic heterocycles. The monoisotopic (exact) mass is 709 g/mol. The Morgan fingerprint density at radius 3 is 0.800 bits per heavy atom. The Morgan fingerprint density at radius 1 is 0.320 bits per heavy atom. The minimum absolute atomic E-state index is 0.0649. The molecule has 0 N–H and O–H groups in total. The normalized spacial score (nSPS) is 11.8. The van der Waals surface area contributed by atoms with Crippen molar-refractivity contribution in [1.29, 1.82) is 0 Å². The molecule has 1 unspecified atom stereocenters. The van der Waals surface area contributed by atoms with Gasteiger partial charge < -0.3 is 14.2 Å². The van der Waals surface area contributed by atoms with Crippen LogP contribution >= 0.6 is 0 Å². The number of ether oxygens (including phenoxy) is 3. The molecule has 0 radical (unpaired) electrons. The highest BCUT2D eigenvalue weighted by atomic mass is 16.6. The fourth-order valence-corrected chi connectivity index (χ4v) is 6.50. The third-order valence-corrected chi connectivity index (χ3v) is 9.86. The fourth-order valence-electron chi connectivity index (χ4n) is 6.50. The van der Waals surface area contributed by atoms with Crippen molar-refractivity contribution in [2.45, 2.75) is 252 Å². The fraction of sp³-hybridized carbons (Fsp3) is 0.932. The van der Waals surface area contributed by atoms with Gasteiger partial charge in [0.05, 0.1) is 0 Å². The van der Waals surface area contributed by atoms with Gasteiger partial charge in [-0.1, -0.05) is 207 Å². The molecule has 0 aliphatic carbocycles. The van der Waals surface area contributed by atoms with E-state index in [9.17, 15) is 14.4 Å². The molecular weight excluding hydrogens is 624 g/mol. The van der Waals surface area contributed by atoms with Crippen molar-refractivity contribution in [3.05, 3.63) is 0 Å². The Labute approximate surface area is 310 Å². The highest BCUT2D eigenvalue weighted by molar-refractivity contribution is 5.71. The Hall–Kier alpha value is -1.59. The minimum Gasteiger partial charge on any atom is -0.462 e. The largest absolute Gasteiger partial charge is 0.462 e. The number of carbonyl (C=O) groups excluding carboxylic acids is 3. The first-order chi connectivity index (χ1) is 24.5. The molecule has 0 heterocycles. The first-order valence-electron chi connectivity index (χ1n) is 22.0. The smallest absolute Gasteiger partial charge is 0.306 e. The lowest BCUT2D eigenvalue weighted by Crippen LogP contribution is -2.30. The lowest BCUT2D eigenvalue weighted by atomic mass is 10.0. The summed E-state index contributed by atoms with van der Waals surface area (Å²) >= 11 is 0. The van der Waals surface area contributed by atoms with Gasteiger partial charge >= 0.3 is 17.9 Å². The van der Waals surface area contributed by atoms with Crippen LogP contribution in [0.1, 0.15) is 245 Å². The van der Waals surface area contributed by atoms with Crippen molar-refractivity contribution < 1.29 is 28.6 Å². The van der Waals surface area contributed by atoms with E-state index in [1.54, 1.807) is 0 Å². The number of hydrogen-bond acceptors (Lipinski definition) is 6. The van der Waals surface area contributed by atoms with Crippen molar-refractivity contribution in [1.82, 2.24) is 0 Å². The molecule has 50 heavy (non-hydrogen) atoms. The maximum absolute atomic E-state index is 12.5. The molecule has 0 saturated carbocycles. The predicted octanol–water partition coefficient (Wildman–Crippen LogP) is 13.7. The van der Waals surface area contributed by atoms with E-state index >= 15 is 0 Å². The SMILES string of the molecule is CCCCCCCCCCCCCCCCCCCCCCC(=O)OCC(COC(=O)CCCCCCCC)OC(=O)CCCCCCCC. The van der Waals surface area contributed by atoms with Crippen molar-refractivity contribution in [3.63, 3.8) is 0 Å². The lowest BCUT2D eigenvalue weighted by molar-refractivity contribution is -0.167. The Morgan fingerprint density at radius 2 is 0.540 bits per heavy atom. The van der Waals surface area contributed by atoms with Crippen molar-refractivity contribution in [2.75, 3.05) is 13.2 Å².